The quantitative estimate of drug-likeness (QED) is 0.752. The zero-order valence-electron chi connectivity index (χ0n) is 9.34. The van der Waals surface area contributed by atoms with Crippen molar-refractivity contribution in [3.63, 3.8) is 0 Å². The first-order chi connectivity index (χ1) is 8.72. The maximum Gasteiger partial charge on any atom is 0.193 e. The number of benzene rings is 1. The van der Waals surface area contributed by atoms with Crippen molar-refractivity contribution in [2.45, 2.75) is 6.61 Å². The van der Waals surface area contributed by atoms with Gasteiger partial charge in [-0.15, -0.1) is 11.3 Å². The van der Waals surface area contributed by atoms with Gasteiger partial charge in [0.25, 0.3) is 0 Å². The van der Waals surface area contributed by atoms with E-state index < -0.39 is 0 Å². The van der Waals surface area contributed by atoms with Crippen LogP contribution in [0.3, 0.4) is 0 Å². The second kappa shape index (κ2) is 4.62. The molecule has 0 radical (unpaired) electrons. The second-order valence-electron chi connectivity index (χ2n) is 3.80. The zero-order chi connectivity index (χ0) is 12.5. The molecule has 0 bridgehead atoms. The molecule has 4 nitrogen and oxygen atoms in total. The van der Waals surface area contributed by atoms with Crippen LogP contribution in [0.2, 0.25) is 0 Å². The maximum atomic E-state index is 5.72. The number of halogens is 1. The molecule has 92 valence electrons. The van der Waals surface area contributed by atoms with Crippen LogP contribution in [0.5, 0.6) is 5.75 Å². The number of nitrogens with zero attached hydrogens (tertiary/aromatic N) is 2. The summed E-state index contributed by atoms with van der Waals surface area (Å²) in [5, 5.41) is 2.00. The molecule has 3 rings (SSSR count). The van der Waals surface area contributed by atoms with Crippen LogP contribution in [-0.2, 0) is 6.61 Å². The van der Waals surface area contributed by atoms with E-state index in [1.54, 1.807) is 17.4 Å². The van der Waals surface area contributed by atoms with Crippen molar-refractivity contribution in [1.82, 2.24) is 9.38 Å². The minimum atomic E-state index is 0.427. The first-order valence-corrected chi connectivity index (χ1v) is 6.98. The van der Waals surface area contributed by atoms with Gasteiger partial charge in [0.1, 0.15) is 12.4 Å². The van der Waals surface area contributed by atoms with E-state index in [2.05, 4.69) is 20.9 Å². The fourth-order valence-electron chi connectivity index (χ4n) is 1.63. The Labute approximate surface area is 116 Å². The van der Waals surface area contributed by atoms with Gasteiger partial charge in [-0.1, -0.05) is 0 Å². The minimum Gasteiger partial charge on any atom is -0.486 e. The number of hydrogen-bond acceptors (Lipinski definition) is 4. The number of hydrogen-bond donors (Lipinski definition) is 1. The van der Waals surface area contributed by atoms with Crippen molar-refractivity contribution in [1.29, 1.82) is 0 Å². The molecule has 3 aromatic rings. The van der Waals surface area contributed by atoms with Gasteiger partial charge in [0, 0.05) is 29.5 Å². The lowest BCUT2D eigenvalue weighted by Gasteiger charge is -2.07. The summed E-state index contributed by atoms with van der Waals surface area (Å²) in [6.07, 6.45) is 3.94. The number of thiazole rings is 1. The Bertz CT molecular complexity index is 663. The summed E-state index contributed by atoms with van der Waals surface area (Å²) >= 11 is 5.03. The Morgan fingerprint density at radius 1 is 1.44 bits per heavy atom. The van der Waals surface area contributed by atoms with E-state index in [1.165, 1.54) is 0 Å². The number of anilines is 1. The number of fused-ring (bicyclic) bond motifs is 1. The Hall–Kier alpha value is -1.53. The van der Waals surface area contributed by atoms with Crippen LogP contribution in [0.4, 0.5) is 5.69 Å². The normalized spacial score (nSPS) is 10.9. The Morgan fingerprint density at radius 2 is 2.33 bits per heavy atom. The van der Waals surface area contributed by atoms with Crippen LogP contribution >= 0.6 is 27.3 Å². The molecule has 2 heterocycles. The Morgan fingerprint density at radius 3 is 3.17 bits per heavy atom. The molecule has 0 aliphatic carbocycles. The SMILES string of the molecule is Nc1ccc(Br)c(OCc2cn3ccsc3n2)c1. The van der Waals surface area contributed by atoms with Crippen molar-refractivity contribution in [3.05, 3.63) is 46.1 Å². The average Bonchev–Trinajstić information content (AvgIpc) is 2.90. The van der Waals surface area contributed by atoms with Crippen LogP contribution < -0.4 is 10.5 Å². The molecule has 0 aliphatic rings. The van der Waals surface area contributed by atoms with Crippen molar-refractivity contribution >= 4 is 37.9 Å². The monoisotopic (exact) mass is 323 g/mol. The lowest BCUT2D eigenvalue weighted by molar-refractivity contribution is 0.300. The van der Waals surface area contributed by atoms with Crippen molar-refractivity contribution in [2.24, 2.45) is 0 Å². The molecule has 0 saturated heterocycles. The molecule has 0 saturated carbocycles. The largest absolute Gasteiger partial charge is 0.486 e. The number of ether oxygens (including phenoxy) is 1. The van der Waals surface area contributed by atoms with Crippen molar-refractivity contribution in [2.75, 3.05) is 5.73 Å². The molecule has 2 aromatic heterocycles. The van der Waals surface area contributed by atoms with Gasteiger partial charge in [0.05, 0.1) is 10.2 Å². The fraction of sp³-hybridized carbons (Fsp3) is 0.0833. The number of nitrogens with two attached hydrogens (primary N) is 1. The maximum absolute atomic E-state index is 5.72. The standard InChI is InChI=1S/C12H10BrN3OS/c13-10-2-1-8(14)5-11(10)17-7-9-6-16-3-4-18-12(16)15-9/h1-6H,7,14H2. The second-order valence-corrected chi connectivity index (χ2v) is 5.53. The van der Waals surface area contributed by atoms with Crippen molar-refractivity contribution in [3.8, 4) is 5.75 Å². The Balaban J connectivity index is 1.77. The number of nitrogen functional groups attached to an aromatic ring is 1. The summed E-state index contributed by atoms with van der Waals surface area (Å²) in [5.74, 6) is 0.728. The Kier molecular flexibility index (Phi) is 2.97. The summed E-state index contributed by atoms with van der Waals surface area (Å²) < 4.78 is 8.58. The van der Waals surface area contributed by atoms with Crippen LogP contribution in [0.1, 0.15) is 5.69 Å². The summed E-state index contributed by atoms with van der Waals surface area (Å²) in [6.45, 7) is 0.427. The molecule has 0 fully saturated rings. The van der Waals surface area contributed by atoms with Gasteiger partial charge in [-0.2, -0.15) is 0 Å². The topological polar surface area (TPSA) is 52.5 Å². The van der Waals surface area contributed by atoms with Crippen LogP contribution in [0.25, 0.3) is 4.96 Å². The van der Waals surface area contributed by atoms with E-state index in [1.807, 2.05) is 34.3 Å². The van der Waals surface area contributed by atoms with Gasteiger partial charge in [0.2, 0.25) is 0 Å². The highest BCUT2D eigenvalue weighted by molar-refractivity contribution is 9.10. The smallest absolute Gasteiger partial charge is 0.193 e. The zero-order valence-corrected chi connectivity index (χ0v) is 11.7. The number of aromatic nitrogens is 2. The van der Waals surface area contributed by atoms with E-state index in [0.29, 0.717) is 12.3 Å². The highest BCUT2D eigenvalue weighted by Gasteiger charge is 2.05. The molecule has 0 atom stereocenters. The lowest BCUT2D eigenvalue weighted by atomic mass is 10.3. The highest BCUT2D eigenvalue weighted by atomic mass is 79.9. The molecule has 1 aromatic carbocycles. The summed E-state index contributed by atoms with van der Waals surface area (Å²) in [6, 6.07) is 5.49. The van der Waals surface area contributed by atoms with E-state index in [9.17, 15) is 0 Å². The third-order valence-corrected chi connectivity index (χ3v) is 3.90. The average molecular weight is 324 g/mol. The van der Waals surface area contributed by atoms with Gasteiger partial charge in [0.15, 0.2) is 4.96 Å². The van der Waals surface area contributed by atoms with Gasteiger partial charge in [-0.05, 0) is 28.1 Å². The molecule has 0 amide bonds. The van der Waals surface area contributed by atoms with E-state index in [0.717, 1.165) is 20.9 Å². The molecular formula is C12H10BrN3OS. The molecule has 6 heteroatoms. The van der Waals surface area contributed by atoms with Gasteiger partial charge >= 0.3 is 0 Å². The van der Waals surface area contributed by atoms with E-state index >= 15 is 0 Å². The molecule has 18 heavy (non-hydrogen) atoms. The molecule has 0 spiro atoms. The van der Waals surface area contributed by atoms with E-state index in [-0.39, 0.29) is 0 Å². The third kappa shape index (κ3) is 2.21. The molecule has 0 unspecified atom stereocenters. The summed E-state index contributed by atoms with van der Waals surface area (Å²) in [4.78, 5) is 5.42. The molecule has 0 aliphatic heterocycles. The third-order valence-electron chi connectivity index (χ3n) is 2.47. The van der Waals surface area contributed by atoms with Crippen LogP contribution in [-0.4, -0.2) is 9.38 Å². The first-order valence-electron chi connectivity index (χ1n) is 5.31. The summed E-state index contributed by atoms with van der Waals surface area (Å²) in [7, 11) is 0. The summed E-state index contributed by atoms with van der Waals surface area (Å²) in [5.41, 5.74) is 7.30. The fourth-order valence-corrected chi connectivity index (χ4v) is 2.71. The lowest BCUT2D eigenvalue weighted by Crippen LogP contribution is -1.97. The number of imidazole rings is 1. The molecule has 2 N–H and O–H groups in total. The van der Waals surface area contributed by atoms with Gasteiger partial charge in [-0.3, -0.25) is 4.40 Å². The van der Waals surface area contributed by atoms with E-state index in [4.69, 9.17) is 10.5 Å². The van der Waals surface area contributed by atoms with Crippen LogP contribution in [0, 0.1) is 0 Å². The van der Waals surface area contributed by atoms with Gasteiger partial charge in [-0.25, -0.2) is 4.98 Å². The minimum absolute atomic E-state index is 0.427. The number of rotatable bonds is 3. The predicted octanol–water partition coefficient (Wildman–Crippen LogP) is 3.32. The first kappa shape index (κ1) is 11.6. The molecular weight excluding hydrogens is 314 g/mol. The van der Waals surface area contributed by atoms with Crippen LogP contribution in [0.15, 0.2) is 40.4 Å². The van der Waals surface area contributed by atoms with Gasteiger partial charge < -0.3 is 10.5 Å². The van der Waals surface area contributed by atoms with Crippen molar-refractivity contribution < 1.29 is 4.74 Å². The highest BCUT2D eigenvalue weighted by Crippen LogP contribution is 2.27. The predicted molar refractivity (Wildman–Crippen MR) is 76.0 cm³/mol.